The van der Waals surface area contributed by atoms with Crippen LogP contribution < -0.4 is 4.74 Å². The number of nitro benzene ring substituents is 1. The molecule has 0 spiro atoms. The maximum Gasteiger partial charge on any atom is 0.339 e. The van der Waals surface area contributed by atoms with Crippen LogP contribution in [-0.2, 0) is 11.2 Å². The first-order valence-corrected chi connectivity index (χ1v) is 8.04. The summed E-state index contributed by atoms with van der Waals surface area (Å²) in [7, 11) is 1.30. The van der Waals surface area contributed by atoms with Gasteiger partial charge >= 0.3 is 11.7 Å². The molecule has 7 heteroatoms. The van der Waals surface area contributed by atoms with Crippen molar-refractivity contribution in [3.05, 3.63) is 69.3 Å². The lowest BCUT2D eigenvalue weighted by Gasteiger charge is -2.13. The Morgan fingerprint density at radius 3 is 2.27 bits per heavy atom. The smallest absolute Gasteiger partial charge is 0.339 e. The molecule has 0 aromatic heterocycles. The standard InChI is InChI=1S/C19H19NO6/c1-4-13-5-7-14(8-6-13)18(21)12(2)26-19(22)15-9-10-17(25-3)16(11-15)20(23)24/h5-12H,4H2,1-3H3. The van der Waals surface area contributed by atoms with Gasteiger partial charge in [-0.25, -0.2) is 4.79 Å². The molecule has 2 aromatic rings. The van der Waals surface area contributed by atoms with Crippen LogP contribution in [0, 0.1) is 10.1 Å². The van der Waals surface area contributed by atoms with Crippen molar-refractivity contribution in [2.24, 2.45) is 0 Å². The topological polar surface area (TPSA) is 95.7 Å². The minimum Gasteiger partial charge on any atom is -0.490 e. The van der Waals surface area contributed by atoms with Crippen molar-refractivity contribution < 1.29 is 24.0 Å². The molecule has 0 amide bonds. The molecule has 0 N–H and O–H groups in total. The number of benzene rings is 2. The summed E-state index contributed by atoms with van der Waals surface area (Å²) in [5.41, 5.74) is 1.15. The van der Waals surface area contributed by atoms with Crippen molar-refractivity contribution in [1.29, 1.82) is 0 Å². The summed E-state index contributed by atoms with van der Waals surface area (Å²) in [6.45, 7) is 3.47. The SMILES string of the molecule is CCc1ccc(C(=O)C(C)OC(=O)c2ccc(OC)c([N+](=O)[O-])c2)cc1. The maximum atomic E-state index is 12.4. The van der Waals surface area contributed by atoms with E-state index in [0.717, 1.165) is 18.1 Å². The lowest BCUT2D eigenvalue weighted by Crippen LogP contribution is -2.24. The maximum absolute atomic E-state index is 12.4. The summed E-state index contributed by atoms with van der Waals surface area (Å²) in [5, 5.41) is 11.0. The summed E-state index contributed by atoms with van der Waals surface area (Å²) < 4.78 is 10.1. The molecule has 2 rings (SSSR count). The molecule has 0 aliphatic carbocycles. The summed E-state index contributed by atoms with van der Waals surface area (Å²) in [6.07, 6.45) is -0.161. The van der Waals surface area contributed by atoms with Gasteiger partial charge in [-0.3, -0.25) is 14.9 Å². The van der Waals surface area contributed by atoms with Gasteiger partial charge in [-0.05, 0) is 31.0 Å². The highest BCUT2D eigenvalue weighted by molar-refractivity contribution is 6.01. The Kier molecular flexibility index (Phi) is 6.06. The van der Waals surface area contributed by atoms with Crippen LogP contribution in [0.25, 0.3) is 0 Å². The molecule has 0 aliphatic heterocycles. The van der Waals surface area contributed by atoms with Crippen molar-refractivity contribution in [2.75, 3.05) is 7.11 Å². The number of carbonyl (C=O) groups excluding carboxylic acids is 2. The molecule has 0 saturated heterocycles. The first-order valence-electron chi connectivity index (χ1n) is 8.04. The van der Waals surface area contributed by atoms with Gasteiger partial charge in [-0.2, -0.15) is 0 Å². The fraction of sp³-hybridized carbons (Fsp3) is 0.263. The Hall–Kier alpha value is -3.22. The van der Waals surface area contributed by atoms with E-state index >= 15 is 0 Å². The van der Waals surface area contributed by atoms with E-state index < -0.39 is 17.0 Å². The number of esters is 1. The number of hydrogen-bond acceptors (Lipinski definition) is 6. The third-order valence-electron chi connectivity index (χ3n) is 3.91. The number of nitrogens with zero attached hydrogens (tertiary/aromatic N) is 1. The molecule has 0 aliphatic rings. The van der Waals surface area contributed by atoms with E-state index in [4.69, 9.17) is 9.47 Å². The number of methoxy groups -OCH3 is 1. The zero-order valence-electron chi connectivity index (χ0n) is 14.7. The normalized spacial score (nSPS) is 11.5. The molecule has 0 bridgehead atoms. The number of Topliss-reactive ketones (excluding diaryl/α,β-unsaturated/α-hetero) is 1. The minimum absolute atomic E-state index is 0.0292. The second-order valence-electron chi connectivity index (χ2n) is 5.61. The molecule has 0 radical (unpaired) electrons. The third kappa shape index (κ3) is 4.24. The van der Waals surface area contributed by atoms with Crippen molar-refractivity contribution in [3.63, 3.8) is 0 Å². The second-order valence-corrected chi connectivity index (χ2v) is 5.61. The van der Waals surface area contributed by atoms with Crippen LogP contribution in [0.2, 0.25) is 0 Å². The molecule has 0 saturated carbocycles. The number of ketones is 1. The van der Waals surface area contributed by atoms with Crippen LogP contribution in [-0.4, -0.2) is 29.9 Å². The summed E-state index contributed by atoms with van der Waals surface area (Å²) in [4.78, 5) is 35.0. The number of nitro groups is 1. The zero-order chi connectivity index (χ0) is 19.3. The molecule has 1 unspecified atom stereocenters. The zero-order valence-corrected chi connectivity index (χ0v) is 14.7. The molecule has 0 heterocycles. The van der Waals surface area contributed by atoms with Crippen molar-refractivity contribution >= 4 is 17.4 Å². The Balaban J connectivity index is 2.14. The predicted molar refractivity (Wildman–Crippen MR) is 94.7 cm³/mol. The van der Waals surface area contributed by atoms with E-state index in [9.17, 15) is 19.7 Å². The summed E-state index contributed by atoms with van der Waals surface area (Å²) >= 11 is 0. The monoisotopic (exact) mass is 357 g/mol. The van der Waals surface area contributed by atoms with Gasteiger partial charge in [0.25, 0.3) is 0 Å². The molecule has 7 nitrogen and oxygen atoms in total. The van der Waals surface area contributed by atoms with Crippen molar-refractivity contribution in [2.45, 2.75) is 26.4 Å². The quantitative estimate of drug-likeness (QED) is 0.325. The highest BCUT2D eigenvalue weighted by Gasteiger charge is 2.23. The third-order valence-corrected chi connectivity index (χ3v) is 3.91. The number of aryl methyl sites for hydroxylation is 1. The van der Waals surface area contributed by atoms with E-state index in [1.807, 2.05) is 19.1 Å². The molecule has 0 fully saturated rings. The van der Waals surface area contributed by atoms with E-state index in [1.54, 1.807) is 12.1 Å². The van der Waals surface area contributed by atoms with Crippen LogP contribution in [0.5, 0.6) is 5.75 Å². The molecule has 1 atom stereocenters. The lowest BCUT2D eigenvalue weighted by atomic mass is 10.0. The summed E-state index contributed by atoms with van der Waals surface area (Å²) in [6, 6.07) is 10.8. The minimum atomic E-state index is -1.02. The number of ether oxygens (including phenoxy) is 2. The first-order chi connectivity index (χ1) is 12.4. The average molecular weight is 357 g/mol. The van der Waals surface area contributed by atoms with Crippen molar-refractivity contribution in [1.82, 2.24) is 0 Å². The van der Waals surface area contributed by atoms with Crippen LogP contribution in [0.15, 0.2) is 42.5 Å². The van der Waals surface area contributed by atoms with Gasteiger partial charge < -0.3 is 9.47 Å². The number of rotatable bonds is 7. The van der Waals surface area contributed by atoms with Gasteiger partial charge in [-0.1, -0.05) is 31.2 Å². The van der Waals surface area contributed by atoms with Crippen LogP contribution in [0.4, 0.5) is 5.69 Å². The average Bonchev–Trinajstić information content (AvgIpc) is 2.66. The molecular weight excluding hydrogens is 338 g/mol. The van der Waals surface area contributed by atoms with Gasteiger partial charge in [-0.15, -0.1) is 0 Å². The molecule has 2 aromatic carbocycles. The molecule has 136 valence electrons. The highest BCUT2D eigenvalue weighted by Crippen LogP contribution is 2.28. The Bertz CT molecular complexity index is 828. The Morgan fingerprint density at radius 2 is 1.73 bits per heavy atom. The van der Waals surface area contributed by atoms with E-state index in [0.29, 0.717) is 5.56 Å². The Morgan fingerprint density at radius 1 is 1.12 bits per heavy atom. The predicted octanol–water partition coefficient (Wildman–Crippen LogP) is 3.59. The van der Waals surface area contributed by atoms with Gasteiger partial charge in [0.05, 0.1) is 17.6 Å². The first kappa shape index (κ1) is 19.1. The van der Waals surface area contributed by atoms with Crippen LogP contribution >= 0.6 is 0 Å². The fourth-order valence-corrected chi connectivity index (χ4v) is 2.38. The second kappa shape index (κ2) is 8.24. The number of carbonyl (C=O) groups is 2. The van der Waals surface area contributed by atoms with Gasteiger partial charge in [0.1, 0.15) is 0 Å². The van der Waals surface area contributed by atoms with E-state index in [-0.39, 0.29) is 22.8 Å². The van der Waals surface area contributed by atoms with Crippen molar-refractivity contribution in [3.8, 4) is 5.75 Å². The van der Waals surface area contributed by atoms with Crippen LogP contribution in [0.3, 0.4) is 0 Å². The van der Waals surface area contributed by atoms with Gasteiger partial charge in [0, 0.05) is 11.6 Å². The summed E-state index contributed by atoms with van der Waals surface area (Å²) in [5.74, 6) is -1.13. The van der Waals surface area contributed by atoms with E-state index in [1.165, 1.54) is 26.2 Å². The van der Waals surface area contributed by atoms with Gasteiger partial charge in [0.2, 0.25) is 5.78 Å². The lowest BCUT2D eigenvalue weighted by molar-refractivity contribution is -0.385. The number of hydrogen-bond donors (Lipinski definition) is 0. The molecule has 26 heavy (non-hydrogen) atoms. The Labute approximate surface area is 150 Å². The largest absolute Gasteiger partial charge is 0.490 e. The molecular formula is C19H19NO6. The van der Waals surface area contributed by atoms with E-state index in [2.05, 4.69) is 0 Å². The van der Waals surface area contributed by atoms with Gasteiger partial charge in [0.15, 0.2) is 11.9 Å². The van der Waals surface area contributed by atoms with Crippen LogP contribution in [0.1, 0.15) is 40.1 Å². The highest BCUT2D eigenvalue weighted by atomic mass is 16.6. The fourth-order valence-electron chi connectivity index (χ4n) is 2.38.